The zero-order valence-electron chi connectivity index (χ0n) is 6.35. The van der Waals surface area contributed by atoms with Gasteiger partial charge in [-0.05, 0) is 6.92 Å². The van der Waals surface area contributed by atoms with Crippen molar-refractivity contribution in [3.8, 4) is 0 Å². The van der Waals surface area contributed by atoms with E-state index in [0.717, 1.165) is 0 Å². The van der Waals surface area contributed by atoms with Gasteiger partial charge in [0.05, 0.1) is 0 Å². The van der Waals surface area contributed by atoms with E-state index in [1.54, 1.807) is 11.9 Å². The highest BCUT2D eigenvalue weighted by Crippen LogP contribution is 1.89. The number of halogens is 1. The Morgan fingerprint density at radius 3 is 2.60 bits per heavy atom. The van der Waals surface area contributed by atoms with Crippen molar-refractivity contribution in [1.29, 1.82) is 0 Å². The molecule has 0 aliphatic carbocycles. The number of hydrogen-bond acceptors (Lipinski definition) is 1. The second-order valence-electron chi connectivity index (χ2n) is 1.82. The number of nitrogens with one attached hydrogen (secondary N) is 1. The first-order valence-corrected chi connectivity index (χ1v) is 3.82. The SMILES string of the molecule is CCN(CCCl)C(=O)NC. The number of hydrogen-bond donors (Lipinski definition) is 1. The number of nitrogens with zero attached hydrogens (tertiary/aromatic N) is 1. The summed E-state index contributed by atoms with van der Waals surface area (Å²) < 4.78 is 0. The lowest BCUT2D eigenvalue weighted by molar-refractivity contribution is 0.206. The molecule has 0 aliphatic rings. The Hall–Kier alpha value is -0.440. The fourth-order valence-corrected chi connectivity index (χ4v) is 0.867. The van der Waals surface area contributed by atoms with Crippen molar-refractivity contribution < 1.29 is 4.79 Å². The van der Waals surface area contributed by atoms with Gasteiger partial charge in [-0.25, -0.2) is 4.79 Å². The fourth-order valence-electron chi connectivity index (χ4n) is 0.663. The first-order valence-electron chi connectivity index (χ1n) is 3.28. The second-order valence-corrected chi connectivity index (χ2v) is 2.20. The molecule has 0 atom stereocenters. The van der Waals surface area contributed by atoms with Crippen LogP contribution in [0.5, 0.6) is 0 Å². The maximum absolute atomic E-state index is 10.9. The monoisotopic (exact) mass is 164 g/mol. The van der Waals surface area contributed by atoms with Crippen molar-refractivity contribution in [3.05, 3.63) is 0 Å². The summed E-state index contributed by atoms with van der Waals surface area (Å²) in [7, 11) is 1.61. The van der Waals surface area contributed by atoms with Gasteiger partial charge in [0, 0.05) is 26.0 Å². The van der Waals surface area contributed by atoms with Crippen LogP contribution in [0.1, 0.15) is 6.92 Å². The summed E-state index contributed by atoms with van der Waals surface area (Å²) in [5.41, 5.74) is 0. The van der Waals surface area contributed by atoms with Crippen molar-refractivity contribution in [2.45, 2.75) is 6.92 Å². The van der Waals surface area contributed by atoms with Gasteiger partial charge in [-0.2, -0.15) is 0 Å². The van der Waals surface area contributed by atoms with E-state index in [-0.39, 0.29) is 6.03 Å². The topological polar surface area (TPSA) is 32.3 Å². The molecule has 0 aromatic rings. The molecule has 0 heterocycles. The van der Waals surface area contributed by atoms with E-state index >= 15 is 0 Å². The number of amides is 2. The number of urea groups is 1. The predicted molar refractivity (Wildman–Crippen MR) is 42.4 cm³/mol. The summed E-state index contributed by atoms with van der Waals surface area (Å²) in [6.07, 6.45) is 0. The third-order valence-electron chi connectivity index (χ3n) is 1.24. The van der Waals surface area contributed by atoms with Crippen LogP contribution in [0.3, 0.4) is 0 Å². The van der Waals surface area contributed by atoms with Gasteiger partial charge in [0.15, 0.2) is 0 Å². The zero-order valence-corrected chi connectivity index (χ0v) is 7.11. The molecule has 2 amide bonds. The second kappa shape index (κ2) is 5.35. The third kappa shape index (κ3) is 2.92. The Labute approximate surface area is 66.3 Å². The lowest BCUT2D eigenvalue weighted by Gasteiger charge is -2.18. The van der Waals surface area contributed by atoms with E-state index < -0.39 is 0 Å². The van der Waals surface area contributed by atoms with Crippen LogP contribution < -0.4 is 5.32 Å². The minimum Gasteiger partial charge on any atom is -0.341 e. The first kappa shape index (κ1) is 9.56. The molecule has 4 heteroatoms. The molecule has 0 aromatic carbocycles. The van der Waals surface area contributed by atoms with Crippen LogP contribution in [0.25, 0.3) is 0 Å². The number of carbonyl (C=O) groups is 1. The summed E-state index contributed by atoms with van der Waals surface area (Å²) in [4.78, 5) is 12.5. The van der Waals surface area contributed by atoms with Crippen molar-refractivity contribution in [1.82, 2.24) is 10.2 Å². The molecule has 0 radical (unpaired) electrons. The van der Waals surface area contributed by atoms with Crippen LogP contribution in [0, 0.1) is 0 Å². The van der Waals surface area contributed by atoms with Crippen LogP contribution in [-0.2, 0) is 0 Å². The molecule has 0 rings (SSSR count). The minimum atomic E-state index is -0.0665. The number of carbonyl (C=O) groups excluding carboxylic acids is 1. The zero-order chi connectivity index (χ0) is 7.98. The molecule has 0 spiro atoms. The van der Waals surface area contributed by atoms with Gasteiger partial charge in [0.25, 0.3) is 0 Å². The third-order valence-corrected chi connectivity index (χ3v) is 1.41. The Morgan fingerprint density at radius 1 is 1.70 bits per heavy atom. The molecule has 0 bridgehead atoms. The van der Waals surface area contributed by atoms with Gasteiger partial charge in [-0.15, -0.1) is 11.6 Å². The van der Waals surface area contributed by atoms with Crippen molar-refractivity contribution >= 4 is 17.6 Å². The Kier molecular flexibility index (Phi) is 5.12. The predicted octanol–water partition coefficient (Wildman–Crippen LogP) is 0.886. The minimum absolute atomic E-state index is 0.0665. The lowest BCUT2D eigenvalue weighted by atomic mass is 10.5. The average molecular weight is 165 g/mol. The maximum atomic E-state index is 10.9. The highest BCUT2D eigenvalue weighted by atomic mass is 35.5. The standard InChI is InChI=1S/C6H13ClN2O/c1-3-9(5-4-7)6(10)8-2/h3-5H2,1-2H3,(H,8,10). The normalized spacial score (nSPS) is 9.10. The van der Waals surface area contributed by atoms with E-state index in [9.17, 15) is 4.79 Å². The van der Waals surface area contributed by atoms with E-state index in [1.807, 2.05) is 6.92 Å². The summed E-state index contributed by atoms with van der Waals surface area (Å²) in [5, 5.41) is 2.53. The van der Waals surface area contributed by atoms with E-state index in [4.69, 9.17) is 11.6 Å². The van der Waals surface area contributed by atoms with Crippen LogP contribution in [0.15, 0.2) is 0 Å². The summed E-state index contributed by atoms with van der Waals surface area (Å²) in [6, 6.07) is -0.0665. The van der Waals surface area contributed by atoms with Gasteiger partial charge in [-0.1, -0.05) is 0 Å². The van der Waals surface area contributed by atoms with E-state index in [1.165, 1.54) is 0 Å². The average Bonchev–Trinajstić information content (AvgIpc) is 1.99. The Balaban J connectivity index is 3.68. The molecule has 60 valence electrons. The highest BCUT2D eigenvalue weighted by molar-refractivity contribution is 6.18. The molecular formula is C6H13ClN2O. The van der Waals surface area contributed by atoms with Gasteiger partial charge >= 0.3 is 6.03 Å². The van der Waals surface area contributed by atoms with Crippen LogP contribution in [-0.4, -0.2) is 36.9 Å². The molecule has 0 saturated heterocycles. The smallest absolute Gasteiger partial charge is 0.317 e. The van der Waals surface area contributed by atoms with Crippen LogP contribution in [0.2, 0.25) is 0 Å². The summed E-state index contributed by atoms with van der Waals surface area (Å²) in [6.45, 7) is 3.23. The molecule has 3 nitrogen and oxygen atoms in total. The molecule has 1 N–H and O–H groups in total. The Bertz CT molecular complexity index is 108. The maximum Gasteiger partial charge on any atom is 0.317 e. The number of alkyl halides is 1. The molecule has 0 fully saturated rings. The largest absolute Gasteiger partial charge is 0.341 e. The van der Waals surface area contributed by atoms with E-state index in [2.05, 4.69) is 5.32 Å². The molecule has 0 aliphatic heterocycles. The quantitative estimate of drug-likeness (QED) is 0.618. The lowest BCUT2D eigenvalue weighted by Crippen LogP contribution is -2.38. The molecule has 0 unspecified atom stereocenters. The van der Waals surface area contributed by atoms with Gasteiger partial charge in [-0.3, -0.25) is 0 Å². The summed E-state index contributed by atoms with van der Waals surface area (Å²) in [5.74, 6) is 0.487. The van der Waals surface area contributed by atoms with Crippen molar-refractivity contribution in [2.75, 3.05) is 26.0 Å². The van der Waals surface area contributed by atoms with E-state index in [0.29, 0.717) is 19.0 Å². The van der Waals surface area contributed by atoms with Crippen LogP contribution >= 0.6 is 11.6 Å². The number of rotatable bonds is 3. The Morgan fingerprint density at radius 2 is 2.30 bits per heavy atom. The van der Waals surface area contributed by atoms with Gasteiger partial charge < -0.3 is 10.2 Å². The molecule has 0 saturated carbocycles. The molecule has 10 heavy (non-hydrogen) atoms. The highest BCUT2D eigenvalue weighted by Gasteiger charge is 2.06. The molecule has 0 aromatic heterocycles. The fraction of sp³-hybridized carbons (Fsp3) is 0.833. The van der Waals surface area contributed by atoms with Gasteiger partial charge in [0.1, 0.15) is 0 Å². The van der Waals surface area contributed by atoms with Crippen molar-refractivity contribution in [2.24, 2.45) is 0 Å². The molecular weight excluding hydrogens is 152 g/mol. The van der Waals surface area contributed by atoms with Crippen molar-refractivity contribution in [3.63, 3.8) is 0 Å². The van der Waals surface area contributed by atoms with Gasteiger partial charge in [0.2, 0.25) is 0 Å². The first-order chi connectivity index (χ1) is 4.76. The van der Waals surface area contributed by atoms with Crippen LogP contribution in [0.4, 0.5) is 4.79 Å². The summed E-state index contributed by atoms with van der Waals surface area (Å²) >= 11 is 5.45.